The van der Waals surface area contributed by atoms with Crippen LogP contribution in [-0.2, 0) is 0 Å². The molecular formula is C16H18ClNO2. The highest BCUT2D eigenvalue weighted by atomic mass is 35.5. The van der Waals surface area contributed by atoms with Gasteiger partial charge in [-0.1, -0.05) is 23.8 Å². The van der Waals surface area contributed by atoms with Crippen molar-refractivity contribution in [1.29, 1.82) is 0 Å². The summed E-state index contributed by atoms with van der Waals surface area (Å²) in [7, 11) is 0. The predicted octanol–water partition coefficient (Wildman–Crippen LogP) is 4.08. The molecular weight excluding hydrogens is 274 g/mol. The fraction of sp³-hybridized carbons (Fsp3) is 0.500. The lowest BCUT2D eigenvalue weighted by atomic mass is 9.87. The Labute approximate surface area is 123 Å². The molecule has 3 aliphatic rings. The van der Waals surface area contributed by atoms with E-state index in [0.717, 1.165) is 29.0 Å². The van der Waals surface area contributed by atoms with Crippen LogP contribution in [0.4, 0.5) is 5.69 Å². The van der Waals surface area contributed by atoms with E-state index in [1.807, 2.05) is 12.1 Å². The molecule has 3 nitrogen and oxygen atoms in total. The van der Waals surface area contributed by atoms with Crippen LogP contribution in [0.15, 0.2) is 24.3 Å². The number of benzene rings is 1. The zero-order valence-corrected chi connectivity index (χ0v) is 12.2. The van der Waals surface area contributed by atoms with Crippen molar-refractivity contribution in [2.75, 3.05) is 12.1 Å². The normalized spacial score (nSPS) is 30.8. The topological polar surface area (TPSA) is 30.5 Å². The van der Waals surface area contributed by atoms with Gasteiger partial charge in [0.1, 0.15) is 0 Å². The van der Waals surface area contributed by atoms with E-state index >= 15 is 0 Å². The summed E-state index contributed by atoms with van der Waals surface area (Å²) >= 11 is 6.33. The quantitative estimate of drug-likeness (QED) is 0.851. The molecule has 1 fully saturated rings. The van der Waals surface area contributed by atoms with E-state index < -0.39 is 0 Å². The minimum absolute atomic E-state index is 0.280. The number of halogens is 1. The van der Waals surface area contributed by atoms with E-state index in [-0.39, 0.29) is 6.79 Å². The van der Waals surface area contributed by atoms with E-state index in [1.165, 1.54) is 12.8 Å². The minimum atomic E-state index is 0.280. The molecule has 1 aromatic carbocycles. The molecule has 4 unspecified atom stereocenters. The van der Waals surface area contributed by atoms with Crippen molar-refractivity contribution in [3.8, 4) is 11.5 Å². The van der Waals surface area contributed by atoms with Gasteiger partial charge in [0.2, 0.25) is 6.79 Å². The van der Waals surface area contributed by atoms with Crippen molar-refractivity contribution in [3.05, 3.63) is 29.3 Å². The van der Waals surface area contributed by atoms with Gasteiger partial charge < -0.3 is 14.8 Å². The summed E-state index contributed by atoms with van der Waals surface area (Å²) in [6.07, 6.45) is 7.38. The Morgan fingerprint density at radius 3 is 2.70 bits per heavy atom. The van der Waals surface area contributed by atoms with E-state index in [9.17, 15) is 0 Å². The zero-order chi connectivity index (χ0) is 13.7. The van der Waals surface area contributed by atoms with Crippen molar-refractivity contribution < 1.29 is 9.47 Å². The third-order valence-corrected chi connectivity index (χ3v) is 5.13. The summed E-state index contributed by atoms with van der Waals surface area (Å²) in [6, 6.07) is 4.19. The molecule has 1 saturated carbocycles. The number of fused-ring (bicyclic) bond motifs is 3. The molecule has 4 heteroatoms. The molecule has 1 aromatic rings. The fourth-order valence-corrected chi connectivity index (χ4v) is 3.99. The Morgan fingerprint density at radius 1 is 1.20 bits per heavy atom. The molecule has 20 heavy (non-hydrogen) atoms. The highest BCUT2D eigenvalue weighted by Gasteiger charge is 2.38. The molecule has 0 amide bonds. The monoisotopic (exact) mass is 291 g/mol. The molecule has 4 rings (SSSR count). The van der Waals surface area contributed by atoms with Gasteiger partial charge in [0.15, 0.2) is 11.5 Å². The molecule has 2 bridgehead atoms. The summed E-state index contributed by atoms with van der Waals surface area (Å²) in [5, 5.41) is 4.26. The lowest BCUT2D eigenvalue weighted by molar-refractivity contribution is 0.174. The van der Waals surface area contributed by atoms with Gasteiger partial charge >= 0.3 is 0 Å². The summed E-state index contributed by atoms with van der Waals surface area (Å²) < 4.78 is 10.8. The molecule has 1 aliphatic heterocycles. The Kier molecular flexibility index (Phi) is 2.84. The highest BCUT2D eigenvalue weighted by Crippen LogP contribution is 2.46. The van der Waals surface area contributed by atoms with Crippen molar-refractivity contribution >= 4 is 17.3 Å². The first-order chi connectivity index (χ1) is 9.70. The van der Waals surface area contributed by atoms with E-state index in [4.69, 9.17) is 21.1 Å². The van der Waals surface area contributed by atoms with Crippen molar-refractivity contribution in [3.63, 3.8) is 0 Å². The second kappa shape index (κ2) is 4.59. The molecule has 0 saturated heterocycles. The first-order valence-electron chi connectivity index (χ1n) is 7.24. The van der Waals surface area contributed by atoms with E-state index in [2.05, 4.69) is 24.4 Å². The SMILES string of the molecule is CC(Nc1cc2c(cc1Cl)OCO2)C1CC2C=CC1C2. The maximum Gasteiger partial charge on any atom is 0.231 e. The average Bonchev–Trinajstić information content (AvgIpc) is 3.13. The Balaban J connectivity index is 1.53. The maximum atomic E-state index is 6.33. The summed E-state index contributed by atoms with van der Waals surface area (Å²) in [6.45, 7) is 2.53. The smallest absolute Gasteiger partial charge is 0.231 e. The summed E-state index contributed by atoms with van der Waals surface area (Å²) in [4.78, 5) is 0. The van der Waals surface area contributed by atoms with E-state index in [0.29, 0.717) is 17.0 Å². The molecule has 0 radical (unpaired) electrons. The van der Waals surface area contributed by atoms with Crippen LogP contribution in [0.25, 0.3) is 0 Å². The molecule has 0 spiro atoms. The Bertz CT molecular complexity index is 572. The first-order valence-corrected chi connectivity index (χ1v) is 7.62. The Hall–Kier alpha value is -1.35. The van der Waals surface area contributed by atoms with Gasteiger partial charge in [-0.3, -0.25) is 0 Å². The predicted molar refractivity (Wildman–Crippen MR) is 79.5 cm³/mol. The number of ether oxygens (including phenoxy) is 2. The van der Waals surface area contributed by atoms with Crippen LogP contribution in [0.5, 0.6) is 11.5 Å². The van der Waals surface area contributed by atoms with E-state index in [1.54, 1.807) is 0 Å². The second-order valence-electron chi connectivity index (χ2n) is 6.06. The minimum Gasteiger partial charge on any atom is -0.454 e. The van der Waals surface area contributed by atoms with Gasteiger partial charge in [-0.2, -0.15) is 0 Å². The van der Waals surface area contributed by atoms with Crippen LogP contribution in [0.1, 0.15) is 19.8 Å². The molecule has 2 aliphatic carbocycles. The van der Waals surface area contributed by atoms with Crippen LogP contribution >= 0.6 is 11.6 Å². The highest BCUT2D eigenvalue weighted by molar-refractivity contribution is 6.33. The molecule has 1 heterocycles. The van der Waals surface area contributed by atoms with Gasteiger partial charge in [0.05, 0.1) is 10.7 Å². The van der Waals surface area contributed by atoms with Crippen LogP contribution in [0.2, 0.25) is 5.02 Å². The molecule has 4 atom stereocenters. The van der Waals surface area contributed by atoms with Gasteiger partial charge in [-0.05, 0) is 37.5 Å². The van der Waals surface area contributed by atoms with Crippen molar-refractivity contribution in [2.24, 2.45) is 17.8 Å². The first kappa shape index (κ1) is 12.4. The standard InChI is InChI=1S/C16H18ClNO2/c1-9(12-5-10-2-3-11(12)4-10)18-14-7-16-15(6-13(14)17)19-8-20-16/h2-3,6-7,9-12,18H,4-5,8H2,1H3. The number of hydrogen-bond acceptors (Lipinski definition) is 3. The van der Waals surface area contributed by atoms with Gasteiger partial charge in [-0.25, -0.2) is 0 Å². The lowest BCUT2D eigenvalue weighted by Crippen LogP contribution is -2.28. The van der Waals surface area contributed by atoms with Crippen LogP contribution in [0.3, 0.4) is 0 Å². The van der Waals surface area contributed by atoms with Gasteiger partial charge in [0, 0.05) is 18.2 Å². The van der Waals surface area contributed by atoms with Crippen molar-refractivity contribution in [2.45, 2.75) is 25.8 Å². The number of hydrogen-bond donors (Lipinski definition) is 1. The van der Waals surface area contributed by atoms with Crippen LogP contribution in [-0.4, -0.2) is 12.8 Å². The fourth-order valence-electron chi connectivity index (χ4n) is 3.78. The van der Waals surface area contributed by atoms with Gasteiger partial charge in [-0.15, -0.1) is 0 Å². The molecule has 106 valence electrons. The molecule has 0 aromatic heterocycles. The summed E-state index contributed by atoms with van der Waals surface area (Å²) in [5.41, 5.74) is 0.940. The largest absolute Gasteiger partial charge is 0.454 e. The summed E-state index contributed by atoms with van der Waals surface area (Å²) in [5.74, 6) is 3.73. The lowest BCUT2D eigenvalue weighted by Gasteiger charge is -2.27. The van der Waals surface area contributed by atoms with Gasteiger partial charge in [0.25, 0.3) is 0 Å². The number of rotatable bonds is 3. The number of anilines is 1. The van der Waals surface area contributed by atoms with Crippen LogP contribution < -0.4 is 14.8 Å². The average molecular weight is 292 g/mol. The number of allylic oxidation sites excluding steroid dienone is 2. The Morgan fingerprint density at radius 2 is 2.00 bits per heavy atom. The number of nitrogens with one attached hydrogen (secondary N) is 1. The third-order valence-electron chi connectivity index (χ3n) is 4.82. The van der Waals surface area contributed by atoms with Crippen LogP contribution in [0, 0.1) is 17.8 Å². The van der Waals surface area contributed by atoms with Crippen molar-refractivity contribution in [1.82, 2.24) is 0 Å². The maximum absolute atomic E-state index is 6.33. The third kappa shape index (κ3) is 1.96. The zero-order valence-electron chi connectivity index (χ0n) is 11.4. The molecule has 1 N–H and O–H groups in total. The second-order valence-corrected chi connectivity index (χ2v) is 6.47.